The normalized spacial score (nSPS) is 12.7. The van der Waals surface area contributed by atoms with E-state index in [0.717, 1.165) is 21.8 Å². The van der Waals surface area contributed by atoms with Crippen LogP contribution in [0.25, 0.3) is 33.2 Å². The number of esters is 1. The van der Waals surface area contributed by atoms with Crippen molar-refractivity contribution in [2.24, 2.45) is 11.8 Å². The van der Waals surface area contributed by atoms with E-state index in [2.05, 4.69) is 15.6 Å². The first-order chi connectivity index (χ1) is 22.7. The third-order valence-electron chi connectivity index (χ3n) is 7.30. The first kappa shape index (κ1) is 36.0. The zero-order valence-electron chi connectivity index (χ0n) is 28.8. The van der Waals surface area contributed by atoms with Gasteiger partial charge in [0.2, 0.25) is 11.7 Å². The molecule has 0 aliphatic rings. The number of imidazole rings is 1. The van der Waals surface area contributed by atoms with Crippen molar-refractivity contribution in [3.63, 3.8) is 0 Å². The number of benzene rings is 2. The van der Waals surface area contributed by atoms with Gasteiger partial charge < -0.3 is 34.6 Å². The number of aromatic nitrogens is 2. The van der Waals surface area contributed by atoms with E-state index >= 15 is 0 Å². The quantitative estimate of drug-likeness (QED) is 0.107. The number of H-pyrrole nitrogens is 1. The number of carbonyl (C=O) groups is 3. The van der Waals surface area contributed by atoms with Crippen molar-refractivity contribution in [1.29, 1.82) is 0 Å². The molecule has 2 atom stereocenters. The highest BCUT2D eigenvalue weighted by Crippen LogP contribution is 2.43. The molecule has 11 nitrogen and oxygen atoms in total. The summed E-state index contributed by atoms with van der Waals surface area (Å²) in [7, 11) is 2.92. The lowest BCUT2D eigenvalue weighted by Gasteiger charge is -2.28. The van der Waals surface area contributed by atoms with E-state index in [-0.39, 0.29) is 29.1 Å². The predicted molar refractivity (Wildman–Crippen MR) is 186 cm³/mol. The molecule has 256 valence electrons. The van der Waals surface area contributed by atoms with E-state index in [1.54, 1.807) is 71.9 Å². The van der Waals surface area contributed by atoms with E-state index in [1.807, 2.05) is 47.8 Å². The molecule has 0 bridgehead atoms. The summed E-state index contributed by atoms with van der Waals surface area (Å²) in [6.07, 6.45) is -0.732. The Hall–Kier alpha value is -4.84. The van der Waals surface area contributed by atoms with Crippen molar-refractivity contribution < 1.29 is 33.3 Å². The minimum Gasteiger partial charge on any atom is -0.493 e. The third kappa shape index (κ3) is 8.74. The van der Waals surface area contributed by atoms with Gasteiger partial charge in [-0.3, -0.25) is 4.79 Å². The van der Waals surface area contributed by atoms with Crippen molar-refractivity contribution in [3.05, 3.63) is 60.0 Å². The standard InChI is InChI=1S/C36H44N4O7S/c1-20(2)27(40-35(43)47-36(5,6)7)33(41)39-28(21(3)4)34(42)46-31-24(44-8)18-23(19-25(31)45-9)32-37-29(22-14-11-10-12-15-22)30(38-32)26-16-13-17-48-26/h10-21,27-28H,1-9H3,(H,37,38)(H,39,41)(H,40,43)/t27-,28+/m1/s1. The van der Waals surface area contributed by atoms with Crippen molar-refractivity contribution in [1.82, 2.24) is 20.6 Å². The van der Waals surface area contributed by atoms with Gasteiger partial charge in [0.05, 0.1) is 30.5 Å². The minimum absolute atomic E-state index is 0.0502. The number of carbonyl (C=O) groups excluding carboxylic acids is 3. The summed E-state index contributed by atoms with van der Waals surface area (Å²) in [5.74, 6) is -0.852. The van der Waals surface area contributed by atoms with Crippen LogP contribution in [0.3, 0.4) is 0 Å². The lowest BCUT2D eigenvalue weighted by atomic mass is 10.0. The molecule has 0 aliphatic carbocycles. The largest absolute Gasteiger partial charge is 0.493 e. The van der Waals surface area contributed by atoms with Crippen LogP contribution in [0, 0.1) is 11.8 Å². The second-order valence-electron chi connectivity index (χ2n) is 12.9. The Balaban J connectivity index is 1.62. The van der Waals surface area contributed by atoms with Crippen LogP contribution in [0.4, 0.5) is 4.79 Å². The van der Waals surface area contributed by atoms with Crippen LogP contribution in [-0.4, -0.2) is 59.8 Å². The number of nitrogens with one attached hydrogen (secondary N) is 3. The highest BCUT2D eigenvalue weighted by Gasteiger charge is 2.34. The monoisotopic (exact) mass is 676 g/mol. The number of nitrogens with zero attached hydrogens (tertiary/aromatic N) is 1. The molecule has 0 saturated heterocycles. The second-order valence-corrected chi connectivity index (χ2v) is 13.8. The zero-order chi connectivity index (χ0) is 35.2. The van der Waals surface area contributed by atoms with E-state index in [9.17, 15) is 14.4 Å². The number of hydrogen-bond acceptors (Lipinski definition) is 9. The Morgan fingerprint density at radius 3 is 1.98 bits per heavy atom. The van der Waals surface area contributed by atoms with Crippen molar-refractivity contribution >= 4 is 29.3 Å². The Labute approximate surface area is 285 Å². The predicted octanol–water partition coefficient (Wildman–Crippen LogP) is 7.08. The summed E-state index contributed by atoms with van der Waals surface area (Å²) in [5.41, 5.74) is 2.52. The SMILES string of the molecule is COc1cc(-c2nc(-c3ccccc3)c(-c3cccs3)[nH]2)cc(OC)c1OC(=O)[C@@H](NC(=O)[C@H](NC(=O)OC(C)(C)C)C(C)C)C(C)C. The van der Waals surface area contributed by atoms with Crippen LogP contribution < -0.4 is 24.8 Å². The van der Waals surface area contributed by atoms with Crippen LogP contribution in [0.5, 0.6) is 17.2 Å². The van der Waals surface area contributed by atoms with Gasteiger partial charge in [0, 0.05) is 11.1 Å². The highest BCUT2D eigenvalue weighted by atomic mass is 32.1. The lowest BCUT2D eigenvalue weighted by molar-refractivity contribution is -0.141. The van der Waals surface area contributed by atoms with Crippen LogP contribution >= 0.6 is 11.3 Å². The fourth-order valence-corrected chi connectivity index (χ4v) is 5.63. The van der Waals surface area contributed by atoms with Crippen LogP contribution in [0.1, 0.15) is 48.5 Å². The van der Waals surface area contributed by atoms with E-state index in [0.29, 0.717) is 11.4 Å². The van der Waals surface area contributed by atoms with E-state index in [4.69, 9.17) is 23.9 Å². The van der Waals surface area contributed by atoms with Crippen molar-refractivity contribution in [2.75, 3.05) is 14.2 Å². The first-order valence-electron chi connectivity index (χ1n) is 15.7. The van der Waals surface area contributed by atoms with Gasteiger partial charge in [0.15, 0.2) is 11.5 Å². The Morgan fingerprint density at radius 2 is 1.46 bits per heavy atom. The van der Waals surface area contributed by atoms with E-state index in [1.165, 1.54) is 14.2 Å². The minimum atomic E-state index is -1.06. The number of rotatable bonds is 12. The highest BCUT2D eigenvalue weighted by molar-refractivity contribution is 7.13. The maximum Gasteiger partial charge on any atom is 0.408 e. The number of methoxy groups -OCH3 is 2. The summed E-state index contributed by atoms with van der Waals surface area (Å²) in [6.45, 7) is 12.3. The maximum atomic E-state index is 13.6. The lowest BCUT2D eigenvalue weighted by Crippen LogP contribution is -2.56. The average Bonchev–Trinajstić information content (AvgIpc) is 3.72. The van der Waals surface area contributed by atoms with Gasteiger partial charge in [0.25, 0.3) is 0 Å². The van der Waals surface area contributed by atoms with Gasteiger partial charge in [-0.05, 0) is 56.2 Å². The number of thiophene rings is 1. The molecular weight excluding hydrogens is 632 g/mol. The molecule has 0 fully saturated rings. The fourth-order valence-electron chi connectivity index (χ4n) is 4.91. The average molecular weight is 677 g/mol. The number of alkyl carbamates (subject to hydrolysis) is 1. The molecule has 0 spiro atoms. The molecule has 0 radical (unpaired) electrons. The van der Waals surface area contributed by atoms with Crippen molar-refractivity contribution in [3.8, 4) is 50.5 Å². The molecular formula is C36H44N4O7S. The van der Waals surface area contributed by atoms with Gasteiger partial charge in [0.1, 0.15) is 23.5 Å². The zero-order valence-corrected chi connectivity index (χ0v) is 29.6. The molecule has 0 aliphatic heterocycles. The summed E-state index contributed by atoms with van der Waals surface area (Å²) in [6, 6.07) is 15.3. The number of hydrogen-bond donors (Lipinski definition) is 3. The van der Waals surface area contributed by atoms with Crippen LogP contribution in [0.2, 0.25) is 0 Å². The molecule has 48 heavy (non-hydrogen) atoms. The molecule has 12 heteroatoms. The van der Waals surface area contributed by atoms with Gasteiger partial charge >= 0.3 is 12.1 Å². The summed E-state index contributed by atoms with van der Waals surface area (Å²) in [5, 5.41) is 7.38. The molecule has 2 aromatic heterocycles. The molecule has 4 rings (SSSR count). The van der Waals surface area contributed by atoms with E-state index < -0.39 is 35.7 Å². The first-order valence-corrected chi connectivity index (χ1v) is 16.6. The summed E-state index contributed by atoms with van der Waals surface area (Å²) >= 11 is 1.60. The number of ether oxygens (including phenoxy) is 4. The van der Waals surface area contributed by atoms with Gasteiger partial charge in [-0.2, -0.15) is 0 Å². The molecule has 4 aromatic rings. The molecule has 2 aromatic carbocycles. The molecule has 0 unspecified atom stereocenters. The summed E-state index contributed by atoms with van der Waals surface area (Å²) < 4.78 is 22.6. The molecule has 2 heterocycles. The van der Waals surface area contributed by atoms with Gasteiger partial charge in [-0.15, -0.1) is 11.3 Å². The topological polar surface area (TPSA) is 141 Å². The third-order valence-corrected chi connectivity index (χ3v) is 8.18. The molecule has 3 N–H and O–H groups in total. The molecule has 2 amide bonds. The summed E-state index contributed by atoms with van der Waals surface area (Å²) in [4.78, 5) is 48.9. The Bertz CT molecular complexity index is 1680. The number of aromatic amines is 1. The Morgan fingerprint density at radius 1 is 0.833 bits per heavy atom. The van der Waals surface area contributed by atoms with Crippen LogP contribution in [-0.2, 0) is 14.3 Å². The maximum absolute atomic E-state index is 13.6. The molecule has 0 saturated carbocycles. The van der Waals surface area contributed by atoms with Crippen molar-refractivity contribution in [2.45, 2.75) is 66.2 Å². The smallest absolute Gasteiger partial charge is 0.408 e. The fraction of sp³-hybridized carbons (Fsp3) is 0.389. The Kier molecular flexibility index (Phi) is 11.5. The van der Waals surface area contributed by atoms with Gasteiger partial charge in [-0.25, -0.2) is 14.6 Å². The van der Waals surface area contributed by atoms with Crippen LogP contribution in [0.15, 0.2) is 60.0 Å². The number of amides is 2. The second kappa shape index (κ2) is 15.4. The van der Waals surface area contributed by atoms with Gasteiger partial charge in [-0.1, -0.05) is 64.1 Å².